The predicted octanol–water partition coefficient (Wildman–Crippen LogP) is 1.15. The molecule has 1 aliphatic rings. The Balaban J connectivity index is 1.92. The highest BCUT2D eigenvalue weighted by Gasteiger charge is 2.29. The average molecular weight is 234 g/mol. The van der Waals surface area contributed by atoms with Crippen LogP contribution >= 0.6 is 22.9 Å². The number of nitrogens with zero attached hydrogens (tertiary/aromatic N) is 3. The summed E-state index contributed by atoms with van der Waals surface area (Å²) in [4.78, 5) is 2.23. The van der Waals surface area contributed by atoms with E-state index in [0.29, 0.717) is 17.1 Å². The van der Waals surface area contributed by atoms with Gasteiger partial charge in [0.25, 0.3) is 0 Å². The first-order chi connectivity index (χ1) is 6.79. The summed E-state index contributed by atoms with van der Waals surface area (Å²) in [5, 5.41) is 17.5. The highest BCUT2D eigenvalue weighted by atomic mass is 35.5. The van der Waals surface area contributed by atoms with Crippen molar-refractivity contribution in [3.05, 3.63) is 9.47 Å². The lowest BCUT2D eigenvalue weighted by molar-refractivity contribution is 0.183. The Morgan fingerprint density at radius 1 is 1.50 bits per heavy atom. The van der Waals surface area contributed by atoms with Crippen LogP contribution in [0.2, 0.25) is 4.47 Å². The molecule has 14 heavy (non-hydrogen) atoms. The molecule has 0 atom stereocenters. The molecule has 4 nitrogen and oxygen atoms in total. The largest absolute Gasteiger partial charge is 0.395 e. The monoisotopic (exact) mass is 233 g/mol. The second-order valence-corrected chi connectivity index (χ2v) is 5.02. The smallest absolute Gasteiger partial charge is 0.207 e. The number of hydrogen-bond donors (Lipinski definition) is 1. The summed E-state index contributed by atoms with van der Waals surface area (Å²) in [5.41, 5.74) is 0. The number of rotatable bonds is 5. The average Bonchev–Trinajstić information content (AvgIpc) is 2.91. The van der Waals surface area contributed by atoms with Gasteiger partial charge >= 0.3 is 0 Å². The van der Waals surface area contributed by atoms with E-state index in [1.807, 2.05) is 0 Å². The maximum absolute atomic E-state index is 8.90. The van der Waals surface area contributed by atoms with Crippen LogP contribution in [-0.2, 0) is 6.54 Å². The second kappa shape index (κ2) is 4.53. The van der Waals surface area contributed by atoms with Gasteiger partial charge in [-0.15, -0.1) is 10.2 Å². The number of aliphatic hydroxyl groups excluding tert-OH is 1. The minimum absolute atomic E-state index is 0.197. The van der Waals surface area contributed by atoms with Crippen LogP contribution in [0.25, 0.3) is 0 Å². The van der Waals surface area contributed by atoms with Gasteiger partial charge in [-0.05, 0) is 24.4 Å². The Kier molecular flexibility index (Phi) is 3.33. The molecule has 1 aromatic rings. The van der Waals surface area contributed by atoms with Crippen molar-refractivity contribution < 1.29 is 5.11 Å². The van der Waals surface area contributed by atoms with Crippen LogP contribution in [0.3, 0.4) is 0 Å². The van der Waals surface area contributed by atoms with E-state index in [0.717, 1.165) is 11.6 Å². The fraction of sp³-hybridized carbons (Fsp3) is 0.750. The van der Waals surface area contributed by atoms with Crippen LogP contribution in [0.4, 0.5) is 0 Å². The fourth-order valence-corrected chi connectivity index (χ4v) is 2.32. The Morgan fingerprint density at radius 2 is 2.29 bits per heavy atom. The summed E-state index contributed by atoms with van der Waals surface area (Å²) in [6.45, 7) is 1.67. The van der Waals surface area contributed by atoms with Crippen molar-refractivity contribution in [1.29, 1.82) is 0 Å². The molecule has 1 fully saturated rings. The summed E-state index contributed by atoms with van der Waals surface area (Å²) < 4.78 is 0.486. The molecule has 1 saturated carbocycles. The van der Waals surface area contributed by atoms with Crippen molar-refractivity contribution in [3.8, 4) is 0 Å². The van der Waals surface area contributed by atoms with E-state index in [9.17, 15) is 0 Å². The van der Waals surface area contributed by atoms with E-state index in [2.05, 4.69) is 15.1 Å². The molecule has 0 aliphatic heterocycles. The standard InChI is InChI=1S/C8H12ClN3OS/c9-8-11-10-7(14-8)5-12(3-4-13)6-1-2-6/h6,13H,1-5H2. The summed E-state index contributed by atoms with van der Waals surface area (Å²) in [5.74, 6) is 0. The molecule has 1 N–H and O–H groups in total. The van der Waals surface area contributed by atoms with Gasteiger partial charge in [0.05, 0.1) is 13.2 Å². The Hall–Kier alpha value is -0.230. The molecule has 78 valence electrons. The van der Waals surface area contributed by atoms with E-state index in [1.54, 1.807) is 0 Å². The molecule has 0 amide bonds. The van der Waals surface area contributed by atoms with E-state index < -0.39 is 0 Å². The van der Waals surface area contributed by atoms with E-state index in [-0.39, 0.29) is 6.61 Å². The Labute approximate surface area is 91.5 Å². The van der Waals surface area contributed by atoms with Crippen LogP contribution in [-0.4, -0.2) is 39.4 Å². The molecule has 0 bridgehead atoms. The van der Waals surface area contributed by atoms with Gasteiger partial charge in [-0.2, -0.15) is 0 Å². The molecule has 0 spiro atoms. The second-order valence-electron chi connectivity index (χ2n) is 3.37. The van der Waals surface area contributed by atoms with Gasteiger partial charge in [0.1, 0.15) is 5.01 Å². The third kappa shape index (κ3) is 2.63. The summed E-state index contributed by atoms with van der Waals surface area (Å²) in [6.07, 6.45) is 2.46. The van der Waals surface area contributed by atoms with Gasteiger partial charge in [-0.3, -0.25) is 4.90 Å². The lowest BCUT2D eigenvalue weighted by Crippen LogP contribution is -2.28. The van der Waals surface area contributed by atoms with E-state index >= 15 is 0 Å². The predicted molar refractivity (Wildman–Crippen MR) is 55.4 cm³/mol. The van der Waals surface area contributed by atoms with Crippen LogP contribution in [0.5, 0.6) is 0 Å². The van der Waals surface area contributed by atoms with Crippen LogP contribution in [0.1, 0.15) is 17.8 Å². The van der Waals surface area contributed by atoms with Crippen LogP contribution in [0.15, 0.2) is 0 Å². The molecule has 6 heteroatoms. The molecule has 0 saturated heterocycles. The first-order valence-electron chi connectivity index (χ1n) is 4.62. The van der Waals surface area contributed by atoms with Crippen molar-refractivity contribution in [1.82, 2.24) is 15.1 Å². The van der Waals surface area contributed by atoms with Gasteiger partial charge in [0, 0.05) is 12.6 Å². The van der Waals surface area contributed by atoms with Crippen LogP contribution in [0, 0.1) is 0 Å². The van der Waals surface area contributed by atoms with E-state index in [1.165, 1.54) is 24.2 Å². The molecule has 0 radical (unpaired) electrons. The minimum Gasteiger partial charge on any atom is -0.395 e. The maximum Gasteiger partial charge on any atom is 0.207 e. The van der Waals surface area contributed by atoms with Gasteiger partial charge in [0.2, 0.25) is 4.47 Å². The molecule has 0 unspecified atom stereocenters. The third-order valence-corrected chi connectivity index (χ3v) is 3.23. The van der Waals surface area contributed by atoms with Crippen LogP contribution < -0.4 is 0 Å². The lowest BCUT2D eigenvalue weighted by atomic mass is 10.4. The Bertz CT molecular complexity index is 303. The quantitative estimate of drug-likeness (QED) is 0.829. The highest BCUT2D eigenvalue weighted by Crippen LogP contribution is 2.28. The topological polar surface area (TPSA) is 49.2 Å². The zero-order valence-electron chi connectivity index (χ0n) is 7.69. The van der Waals surface area contributed by atoms with Crippen molar-refractivity contribution in [2.24, 2.45) is 0 Å². The summed E-state index contributed by atoms with van der Waals surface area (Å²) in [7, 11) is 0. The summed E-state index contributed by atoms with van der Waals surface area (Å²) >= 11 is 7.10. The van der Waals surface area contributed by atoms with Crippen molar-refractivity contribution in [2.45, 2.75) is 25.4 Å². The zero-order chi connectivity index (χ0) is 9.97. The van der Waals surface area contributed by atoms with Crippen molar-refractivity contribution in [2.75, 3.05) is 13.2 Å². The lowest BCUT2D eigenvalue weighted by Gasteiger charge is -2.18. The van der Waals surface area contributed by atoms with Gasteiger partial charge in [-0.1, -0.05) is 11.3 Å². The number of hydrogen-bond acceptors (Lipinski definition) is 5. The van der Waals surface area contributed by atoms with Gasteiger partial charge in [-0.25, -0.2) is 0 Å². The first kappa shape index (κ1) is 10.3. The number of halogens is 1. The normalized spacial score (nSPS) is 16.5. The maximum atomic E-state index is 8.90. The number of aromatic nitrogens is 2. The van der Waals surface area contributed by atoms with E-state index in [4.69, 9.17) is 16.7 Å². The zero-order valence-corrected chi connectivity index (χ0v) is 9.26. The van der Waals surface area contributed by atoms with Crippen molar-refractivity contribution >= 4 is 22.9 Å². The van der Waals surface area contributed by atoms with Gasteiger partial charge in [0.15, 0.2) is 0 Å². The molecular formula is C8H12ClN3OS. The molecular weight excluding hydrogens is 222 g/mol. The van der Waals surface area contributed by atoms with Crippen molar-refractivity contribution in [3.63, 3.8) is 0 Å². The van der Waals surface area contributed by atoms with Gasteiger partial charge < -0.3 is 5.11 Å². The SMILES string of the molecule is OCCN(Cc1nnc(Cl)s1)C1CC1. The molecule has 2 rings (SSSR count). The molecule has 1 aromatic heterocycles. The summed E-state index contributed by atoms with van der Waals surface area (Å²) in [6, 6.07) is 0.629. The number of aliphatic hydroxyl groups is 1. The highest BCUT2D eigenvalue weighted by molar-refractivity contribution is 7.15. The first-order valence-corrected chi connectivity index (χ1v) is 5.82. The molecule has 1 heterocycles. The molecule has 1 aliphatic carbocycles. The Morgan fingerprint density at radius 3 is 2.79 bits per heavy atom. The third-order valence-electron chi connectivity index (χ3n) is 2.23. The fourth-order valence-electron chi connectivity index (χ4n) is 1.43. The molecule has 0 aromatic carbocycles. The minimum atomic E-state index is 0.197.